The lowest BCUT2D eigenvalue weighted by molar-refractivity contribution is 0.0791. The zero-order valence-electron chi connectivity index (χ0n) is 13.3. The Labute approximate surface area is 134 Å². The van der Waals surface area contributed by atoms with Crippen LogP contribution in [-0.2, 0) is 11.3 Å². The average Bonchev–Trinajstić information content (AvgIpc) is 2.89. The third-order valence-corrected chi connectivity index (χ3v) is 3.54. The summed E-state index contributed by atoms with van der Waals surface area (Å²) in [6.45, 7) is 3.53. The van der Waals surface area contributed by atoms with E-state index in [0.717, 1.165) is 23.7 Å². The fourth-order valence-corrected chi connectivity index (χ4v) is 2.36. The minimum absolute atomic E-state index is 0.0736. The van der Waals surface area contributed by atoms with Crippen LogP contribution in [0.2, 0.25) is 0 Å². The predicted molar refractivity (Wildman–Crippen MR) is 81.9 cm³/mol. The number of methoxy groups -OCH3 is 1. The van der Waals surface area contributed by atoms with Gasteiger partial charge in [-0.1, -0.05) is 6.07 Å². The van der Waals surface area contributed by atoms with E-state index in [9.17, 15) is 13.9 Å². The van der Waals surface area contributed by atoms with Gasteiger partial charge in [0.15, 0.2) is 0 Å². The molecule has 0 bridgehead atoms. The van der Waals surface area contributed by atoms with Crippen LogP contribution in [0.1, 0.15) is 23.2 Å². The van der Waals surface area contributed by atoms with Crippen LogP contribution in [0, 0.1) is 18.6 Å². The van der Waals surface area contributed by atoms with Crippen molar-refractivity contribution in [3.63, 3.8) is 0 Å². The minimum Gasteiger partial charge on any atom is -0.465 e. The summed E-state index contributed by atoms with van der Waals surface area (Å²) in [7, 11) is 1.59. The number of hydrogen-bond donors (Lipinski definition) is 1. The van der Waals surface area contributed by atoms with Crippen molar-refractivity contribution in [2.45, 2.75) is 19.6 Å². The Morgan fingerprint density at radius 1 is 1.26 bits per heavy atom. The van der Waals surface area contributed by atoms with Gasteiger partial charge in [0.25, 0.3) is 0 Å². The van der Waals surface area contributed by atoms with Crippen molar-refractivity contribution < 1.29 is 23.0 Å². The van der Waals surface area contributed by atoms with Crippen LogP contribution in [0.5, 0.6) is 0 Å². The van der Waals surface area contributed by atoms with Crippen molar-refractivity contribution in [2.75, 3.05) is 26.8 Å². The van der Waals surface area contributed by atoms with Crippen molar-refractivity contribution in [3.8, 4) is 0 Å². The smallest absolute Gasteiger partial charge is 0.131 e. The number of nitrogens with zero attached hydrogens (tertiary/aromatic N) is 1. The van der Waals surface area contributed by atoms with E-state index in [2.05, 4.69) is 0 Å². The van der Waals surface area contributed by atoms with E-state index in [4.69, 9.17) is 9.15 Å². The van der Waals surface area contributed by atoms with Crippen LogP contribution in [0.3, 0.4) is 0 Å². The Balaban J connectivity index is 2.06. The third kappa shape index (κ3) is 5.13. The fourth-order valence-electron chi connectivity index (χ4n) is 2.36. The molecule has 0 aliphatic heterocycles. The quantitative estimate of drug-likeness (QED) is 0.810. The number of aliphatic hydroxyl groups excluding tert-OH is 1. The molecule has 2 aromatic rings. The minimum atomic E-state index is -1.07. The number of hydrogen-bond acceptors (Lipinski definition) is 4. The predicted octanol–water partition coefficient (Wildman–Crippen LogP) is 3.05. The lowest BCUT2D eigenvalue weighted by Gasteiger charge is -2.24. The summed E-state index contributed by atoms with van der Waals surface area (Å²) in [6.07, 6.45) is -1.07. The summed E-state index contributed by atoms with van der Waals surface area (Å²) in [5.74, 6) is 0.140. The van der Waals surface area contributed by atoms with Crippen LogP contribution < -0.4 is 0 Å². The molecule has 0 aliphatic carbocycles. The van der Waals surface area contributed by atoms with Crippen molar-refractivity contribution in [1.82, 2.24) is 4.90 Å². The molecule has 1 aromatic carbocycles. The lowest BCUT2D eigenvalue weighted by atomic mass is 10.1. The fraction of sp³-hybridized carbons (Fsp3) is 0.412. The zero-order chi connectivity index (χ0) is 16.8. The van der Waals surface area contributed by atoms with E-state index in [1.165, 1.54) is 6.07 Å². The van der Waals surface area contributed by atoms with Gasteiger partial charge in [-0.3, -0.25) is 4.90 Å². The lowest BCUT2D eigenvalue weighted by Crippen LogP contribution is -2.31. The highest BCUT2D eigenvalue weighted by molar-refractivity contribution is 5.21. The largest absolute Gasteiger partial charge is 0.465 e. The van der Waals surface area contributed by atoms with Gasteiger partial charge in [0.1, 0.15) is 23.2 Å². The first-order valence-corrected chi connectivity index (χ1v) is 7.39. The topological polar surface area (TPSA) is 45.8 Å². The maximum atomic E-state index is 13.8. The van der Waals surface area contributed by atoms with E-state index < -0.39 is 17.7 Å². The molecular weight excluding hydrogens is 304 g/mol. The van der Waals surface area contributed by atoms with Gasteiger partial charge < -0.3 is 14.3 Å². The summed E-state index contributed by atoms with van der Waals surface area (Å²) in [5.41, 5.74) is 0.0736. The molecule has 0 radical (unpaired) electrons. The normalized spacial score (nSPS) is 12.8. The standard InChI is InChI=1S/C17H21F2NO3/c1-12-3-5-14(23-12)10-20(7-8-22-2)11-17(21)15-6-4-13(18)9-16(15)19/h3-6,9,17,21H,7-8,10-11H2,1-2H3. The first-order chi connectivity index (χ1) is 11.0. The molecule has 0 fully saturated rings. The molecule has 1 N–H and O–H groups in total. The van der Waals surface area contributed by atoms with Gasteiger partial charge in [-0.15, -0.1) is 0 Å². The molecule has 0 saturated carbocycles. The molecule has 1 aromatic heterocycles. The SMILES string of the molecule is COCCN(Cc1ccc(C)o1)CC(O)c1ccc(F)cc1F. The number of aliphatic hydroxyl groups is 1. The van der Waals surface area contributed by atoms with E-state index in [1.54, 1.807) is 7.11 Å². The van der Waals surface area contributed by atoms with Gasteiger partial charge in [-0.2, -0.15) is 0 Å². The average molecular weight is 325 g/mol. The molecule has 6 heteroatoms. The van der Waals surface area contributed by atoms with E-state index >= 15 is 0 Å². The summed E-state index contributed by atoms with van der Waals surface area (Å²) >= 11 is 0. The second-order valence-electron chi connectivity index (χ2n) is 5.42. The molecule has 0 aliphatic rings. The molecule has 23 heavy (non-hydrogen) atoms. The van der Waals surface area contributed by atoms with Crippen LogP contribution in [-0.4, -0.2) is 36.8 Å². The number of furan rings is 1. The number of benzene rings is 1. The van der Waals surface area contributed by atoms with Crippen LogP contribution >= 0.6 is 0 Å². The maximum absolute atomic E-state index is 13.8. The Bertz CT molecular complexity index is 630. The highest BCUT2D eigenvalue weighted by Crippen LogP contribution is 2.20. The van der Waals surface area contributed by atoms with Crippen LogP contribution in [0.15, 0.2) is 34.7 Å². The highest BCUT2D eigenvalue weighted by atomic mass is 19.1. The van der Waals surface area contributed by atoms with E-state index in [-0.39, 0.29) is 12.1 Å². The first kappa shape index (κ1) is 17.6. The molecule has 0 amide bonds. The number of rotatable bonds is 8. The van der Waals surface area contributed by atoms with Crippen molar-refractivity contribution >= 4 is 0 Å². The van der Waals surface area contributed by atoms with Gasteiger partial charge in [-0.25, -0.2) is 8.78 Å². The van der Waals surface area contributed by atoms with E-state index in [0.29, 0.717) is 19.7 Å². The van der Waals surface area contributed by atoms with Gasteiger partial charge in [0, 0.05) is 31.8 Å². The van der Waals surface area contributed by atoms with Crippen molar-refractivity contribution in [2.24, 2.45) is 0 Å². The number of halogens is 2. The van der Waals surface area contributed by atoms with Gasteiger partial charge in [-0.05, 0) is 25.1 Å². The molecule has 0 spiro atoms. The number of aryl methyl sites for hydroxylation is 1. The summed E-state index contributed by atoms with van der Waals surface area (Å²) < 4.78 is 37.3. The highest BCUT2D eigenvalue weighted by Gasteiger charge is 2.18. The molecular formula is C17H21F2NO3. The molecule has 2 rings (SSSR count). The second kappa shape index (κ2) is 8.19. The third-order valence-electron chi connectivity index (χ3n) is 3.54. The molecule has 1 atom stereocenters. The number of ether oxygens (including phenoxy) is 1. The molecule has 1 heterocycles. The van der Waals surface area contributed by atoms with Crippen molar-refractivity contribution in [1.29, 1.82) is 0 Å². The Hall–Kier alpha value is -1.76. The first-order valence-electron chi connectivity index (χ1n) is 7.39. The maximum Gasteiger partial charge on any atom is 0.131 e. The molecule has 0 saturated heterocycles. The summed E-state index contributed by atoms with van der Waals surface area (Å²) in [6, 6.07) is 6.89. The molecule has 4 nitrogen and oxygen atoms in total. The van der Waals surface area contributed by atoms with E-state index in [1.807, 2.05) is 24.0 Å². The summed E-state index contributed by atoms with van der Waals surface area (Å²) in [4.78, 5) is 1.90. The van der Waals surface area contributed by atoms with Gasteiger partial charge in [0.05, 0.1) is 19.3 Å². The van der Waals surface area contributed by atoms with Crippen LogP contribution in [0.25, 0.3) is 0 Å². The van der Waals surface area contributed by atoms with Gasteiger partial charge in [0.2, 0.25) is 0 Å². The Morgan fingerprint density at radius 3 is 2.65 bits per heavy atom. The second-order valence-corrected chi connectivity index (χ2v) is 5.42. The van der Waals surface area contributed by atoms with Gasteiger partial charge >= 0.3 is 0 Å². The van der Waals surface area contributed by atoms with Crippen molar-refractivity contribution in [3.05, 3.63) is 59.1 Å². The van der Waals surface area contributed by atoms with Crippen LogP contribution in [0.4, 0.5) is 8.78 Å². The monoisotopic (exact) mass is 325 g/mol. The molecule has 1 unspecified atom stereocenters. The molecule has 126 valence electrons. The Kier molecular flexibility index (Phi) is 6.27. The summed E-state index contributed by atoms with van der Waals surface area (Å²) in [5, 5.41) is 10.3. The zero-order valence-corrected chi connectivity index (χ0v) is 13.3. The Morgan fingerprint density at radius 2 is 2.04 bits per heavy atom.